The van der Waals surface area contributed by atoms with Crippen molar-refractivity contribution >= 4 is 55.9 Å². The van der Waals surface area contributed by atoms with Gasteiger partial charge in [0.25, 0.3) is 0 Å². The highest BCUT2D eigenvalue weighted by molar-refractivity contribution is 6.14. The number of fused-ring (bicyclic) bond motifs is 3. The van der Waals surface area contributed by atoms with Crippen LogP contribution in [-0.4, -0.2) is 34.7 Å². The molecule has 0 unspecified atom stereocenters. The molecule has 5 heteroatoms. The van der Waals surface area contributed by atoms with Crippen molar-refractivity contribution in [3.63, 3.8) is 0 Å². The van der Waals surface area contributed by atoms with Gasteiger partial charge < -0.3 is 9.47 Å². The highest BCUT2D eigenvalue weighted by Gasteiger charge is 2.16. The molecular weight excluding hydrogens is 815 g/mol. The zero-order valence-electron chi connectivity index (χ0n) is 38.7. The Morgan fingerprint density at radius 1 is 0.567 bits per heavy atom. The van der Waals surface area contributed by atoms with Crippen LogP contribution in [-0.2, 0) is 0 Å². The first kappa shape index (κ1) is 45.2. The molecular formula is C62H55N5. The van der Waals surface area contributed by atoms with Crippen LogP contribution in [0.4, 0.5) is 5.69 Å². The van der Waals surface area contributed by atoms with Crippen LogP contribution in [0, 0.1) is 0 Å². The Bertz CT molecular complexity index is 3250. The van der Waals surface area contributed by atoms with Crippen LogP contribution in [0.5, 0.6) is 0 Å². The standard InChI is InChI=1S/C60H49N5.C2H6/c1-43(46-21-9-5-10-22-46)55(29-19-20-38-64(4)53-27-15-8-16-28-53)49-32-35-54(36-33-49)65-58-31-18-17-30-56(58)57-40-50(34-37-59(57)65)51-39-52(42-61-41-51)60(62-44(2)47-23-11-6-12-24-47)63-45(3)48-25-13-7-14-26-48;1-2/h5-37,39-42H,1-2,38H2,3-4H3;1-2H3/b20-19-,55-29+,62-60?,63-45?;. The zero-order valence-corrected chi connectivity index (χ0v) is 38.7. The lowest BCUT2D eigenvalue weighted by Gasteiger charge is -2.16. The second kappa shape index (κ2) is 21.5. The third-order valence-corrected chi connectivity index (χ3v) is 11.7. The maximum Gasteiger partial charge on any atom is 0.161 e. The van der Waals surface area contributed by atoms with Crippen molar-refractivity contribution in [2.75, 3.05) is 18.5 Å². The van der Waals surface area contributed by atoms with E-state index in [9.17, 15) is 0 Å². The van der Waals surface area contributed by atoms with E-state index in [4.69, 9.17) is 15.0 Å². The first-order valence-corrected chi connectivity index (χ1v) is 22.8. The summed E-state index contributed by atoms with van der Waals surface area (Å²) in [5.74, 6) is 0.549. The summed E-state index contributed by atoms with van der Waals surface area (Å²) in [4.78, 5) is 17.0. The van der Waals surface area contributed by atoms with Crippen LogP contribution in [0.15, 0.2) is 248 Å². The van der Waals surface area contributed by atoms with Crippen LogP contribution in [0.2, 0.25) is 0 Å². The summed E-state index contributed by atoms with van der Waals surface area (Å²) in [6.07, 6.45) is 10.2. The molecule has 0 spiro atoms. The van der Waals surface area contributed by atoms with Gasteiger partial charge in [0.05, 0.1) is 16.7 Å². The highest BCUT2D eigenvalue weighted by Crippen LogP contribution is 2.36. The summed E-state index contributed by atoms with van der Waals surface area (Å²) < 4.78 is 2.35. The number of amidine groups is 1. The molecule has 0 aliphatic carbocycles. The molecule has 0 atom stereocenters. The van der Waals surface area contributed by atoms with Gasteiger partial charge in [-0.05, 0) is 94.4 Å². The topological polar surface area (TPSA) is 45.8 Å². The van der Waals surface area contributed by atoms with Gasteiger partial charge in [0.1, 0.15) is 0 Å². The van der Waals surface area contributed by atoms with E-state index in [1.807, 2.05) is 93.8 Å². The van der Waals surface area contributed by atoms with E-state index < -0.39 is 0 Å². The van der Waals surface area contributed by atoms with Gasteiger partial charge in [0.15, 0.2) is 5.84 Å². The smallest absolute Gasteiger partial charge is 0.161 e. The van der Waals surface area contributed by atoms with Gasteiger partial charge in [-0.3, -0.25) is 4.98 Å². The normalized spacial score (nSPS) is 12.0. The van der Waals surface area contributed by atoms with E-state index in [1.165, 1.54) is 11.1 Å². The predicted octanol–water partition coefficient (Wildman–Crippen LogP) is 15.6. The Kier molecular flexibility index (Phi) is 14.5. The van der Waals surface area contributed by atoms with Crippen molar-refractivity contribution in [1.82, 2.24) is 9.55 Å². The van der Waals surface area contributed by atoms with Crippen molar-refractivity contribution in [2.24, 2.45) is 9.98 Å². The van der Waals surface area contributed by atoms with Crippen LogP contribution in [0.25, 0.3) is 55.5 Å². The van der Waals surface area contributed by atoms with E-state index in [2.05, 4.69) is 181 Å². The number of pyridine rings is 1. The molecule has 0 fully saturated rings. The number of anilines is 1. The Labute approximate surface area is 395 Å². The Morgan fingerprint density at radius 3 is 1.85 bits per heavy atom. The highest BCUT2D eigenvalue weighted by atomic mass is 15.1. The van der Waals surface area contributed by atoms with E-state index >= 15 is 0 Å². The minimum absolute atomic E-state index is 0.549. The fourth-order valence-electron chi connectivity index (χ4n) is 8.16. The van der Waals surface area contributed by atoms with Gasteiger partial charge in [0.2, 0.25) is 0 Å². The molecule has 67 heavy (non-hydrogen) atoms. The summed E-state index contributed by atoms with van der Waals surface area (Å²) in [7, 11) is 2.11. The summed E-state index contributed by atoms with van der Waals surface area (Å²) in [6.45, 7) is 15.7. The van der Waals surface area contributed by atoms with Crippen molar-refractivity contribution in [3.8, 4) is 16.8 Å². The van der Waals surface area contributed by atoms with Gasteiger partial charge in [-0.2, -0.15) is 0 Å². The van der Waals surface area contributed by atoms with Crippen LogP contribution < -0.4 is 4.90 Å². The third kappa shape index (κ3) is 10.4. The monoisotopic (exact) mass is 869 g/mol. The van der Waals surface area contributed by atoms with Crippen molar-refractivity contribution in [1.29, 1.82) is 0 Å². The van der Waals surface area contributed by atoms with Crippen molar-refractivity contribution in [3.05, 3.63) is 266 Å². The van der Waals surface area contributed by atoms with Gasteiger partial charge in [-0.25, -0.2) is 9.98 Å². The Balaban J connectivity index is 0.00000300. The molecule has 2 aromatic heterocycles. The van der Waals surface area contributed by atoms with E-state index in [1.54, 1.807) is 0 Å². The molecule has 0 bridgehead atoms. The molecule has 0 radical (unpaired) electrons. The fraction of sp³-hybridized carbons (Fsp3) is 0.0806. The van der Waals surface area contributed by atoms with Crippen molar-refractivity contribution in [2.45, 2.75) is 20.8 Å². The number of rotatable bonds is 13. The maximum atomic E-state index is 5.07. The van der Waals surface area contributed by atoms with E-state index in [0.717, 1.165) is 84.5 Å². The molecule has 0 aliphatic heterocycles. The van der Waals surface area contributed by atoms with Crippen molar-refractivity contribution < 1.29 is 0 Å². The first-order valence-electron chi connectivity index (χ1n) is 22.8. The van der Waals surface area contributed by atoms with Crippen LogP contribution >= 0.6 is 0 Å². The minimum atomic E-state index is 0.549. The molecule has 2 heterocycles. The second-order valence-electron chi connectivity index (χ2n) is 16.0. The van der Waals surface area contributed by atoms with Crippen LogP contribution in [0.1, 0.15) is 48.6 Å². The number of allylic oxidation sites excluding steroid dienone is 4. The first-order chi connectivity index (χ1) is 32.9. The maximum absolute atomic E-state index is 5.07. The molecule has 9 aromatic rings. The molecule has 0 N–H and O–H groups in total. The molecule has 0 saturated heterocycles. The Hall–Kier alpha value is -8.41. The summed E-state index contributed by atoms with van der Waals surface area (Å²) in [5.41, 5.74) is 15.0. The number of hydrogen-bond acceptors (Lipinski definition) is 3. The number of benzene rings is 7. The molecule has 0 saturated carbocycles. The van der Waals surface area contributed by atoms with E-state index in [-0.39, 0.29) is 0 Å². The number of aromatic nitrogens is 2. The lowest BCUT2D eigenvalue weighted by atomic mass is 9.93. The molecule has 0 amide bonds. The quantitative estimate of drug-likeness (QED) is 0.0658. The summed E-state index contributed by atoms with van der Waals surface area (Å²) >= 11 is 0. The van der Waals surface area contributed by atoms with Gasteiger partial charge in [0, 0.05) is 65.0 Å². The average molecular weight is 870 g/mol. The minimum Gasteiger partial charge on any atom is -0.371 e. The second-order valence-corrected chi connectivity index (χ2v) is 16.0. The van der Waals surface area contributed by atoms with Gasteiger partial charge in [-0.1, -0.05) is 191 Å². The average Bonchev–Trinajstić information content (AvgIpc) is 3.73. The molecule has 9 rings (SSSR count). The van der Waals surface area contributed by atoms with Crippen LogP contribution in [0.3, 0.4) is 0 Å². The number of aliphatic imine (C=N–C) groups is 2. The molecule has 7 aromatic carbocycles. The van der Waals surface area contributed by atoms with E-state index in [0.29, 0.717) is 11.5 Å². The summed E-state index contributed by atoms with van der Waals surface area (Å²) in [6, 6.07) is 67.2. The lowest BCUT2D eigenvalue weighted by Crippen LogP contribution is -2.16. The SMILES string of the molecule is C=C(N=C(N=C(C)c1ccccc1)c1cncc(-c2ccc3c(c2)c2ccccc2n3-c2ccc(/C(=C/C=C\CN(C)c3ccccc3)C(=C)c3ccccc3)cc2)c1)c1ccccc1.CC. The largest absolute Gasteiger partial charge is 0.371 e. The summed E-state index contributed by atoms with van der Waals surface area (Å²) in [5, 5.41) is 2.33. The lowest BCUT2D eigenvalue weighted by molar-refractivity contribution is 1.03. The zero-order chi connectivity index (χ0) is 46.5. The Morgan fingerprint density at radius 2 is 1.16 bits per heavy atom. The molecule has 0 aliphatic rings. The number of para-hydroxylation sites is 2. The number of hydrogen-bond donors (Lipinski definition) is 0. The fourth-order valence-corrected chi connectivity index (χ4v) is 8.16. The molecule has 5 nitrogen and oxygen atoms in total. The number of likely N-dealkylation sites (N-methyl/N-ethyl adjacent to an activating group) is 1. The molecule has 328 valence electrons. The predicted molar refractivity (Wildman–Crippen MR) is 288 cm³/mol. The third-order valence-electron chi connectivity index (χ3n) is 11.7. The number of nitrogens with zero attached hydrogens (tertiary/aromatic N) is 5. The van der Waals surface area contributed by atoms with Gasteiger partial charge >= 0.3 is 0 Å². The van der Waals surface area contributed by atoms with Gasteiger partial charge in [-0.15, -0.1) is 0 Å².